The van der Waals surface area contributed by atoms with Gasteiger partial charge in [-0.25, -0.2) is 8.78 Å². The topological polar surface area (TPSA) is 53.5 Å². The van der Waals surface area contributed by atoms with E-state index in [0.717, 1.165) is 18.2 Å². The van der Waals surface area contributed by atoms with Gasteiger partial charge in [-0.15, -0.1) is 0 Å². The van der Waals surface area contributed by atoms with Gasteiger partial charge in [0.1, 0.15) is 11.6 Å². The molecule has 0 aliphatic heterocycles. The minimum atomic E-state index is -0.695. The highest BCUT2D eigenvalue weighted by Gasteiger charge is 2.05. The SMILES string of the molecule is CN=C/C(Cl)=C\C=C\NCCNC(=O)Cc1cc(F)cc(F)c1. The molecule has 0 aliphatic rings. The van der Waals surface area contributed by atoms with Crippen molar-refractivity contribution in [2.75, 3.05) is 20.1 Å². The first kappa shape index (κ1) is 18.8. The zero-order valence-electron chi connectivity index (χ0n) is 12.7. The van der Waals surface area contributed by atoms with E-state index < -0.39 is 11.6 Å². The van der Waals surface area contributed by atoms with Gasteiger partial charge >= 0.3 is 0 Å². The Bertz CT molecular complexity index is 595. The van der Waals surface area contributed by atoms with E-state index in [9.17, 15) is 13.6 Å². The number of carbonyl (C=O) groups excluding carboxylic acids is 1. The predicted molar refractivity (Wildman–Crippen MR) is 88.6 cm³/mol. The van der Waals surface area contributed by atoms with Crippen molar-refractivity contribution in [3.8, 4) is 0 Å². The van der Waals surface area contributed by atoms with E-state index >= 15 is 0 Å². The summed E-state index contributed by atoms with van der Waals surface area (Å²) in [4.78, 5) is 15.4. The largest absolute Gasteiger partial charge is 0.389 e. The Labute approximate surface area is 138 Å². The molecule has 0 saturated heterocycles. The molecular formula is C16H18ClF2N3O. The van der Waals surface area contributed by atoms with Crippen LogP contribution >= 0.6 is 11.6 Å². The first-order valence-corrected chi connectivity index (χ1v) is 7.28. The second-order valence-electron chi connectivity index (χ2n) is 4.56. The summed E-state index contributed by atoms with van der Waals surface area (Å²) in [5, 5.41) is 6.11. The minimum Gasteiger partial charge on any atom is -0.389 e. The molecule has 1 rings (SSSR count). The Balaban J connectivity index is 2.24. The van der Waals surface area contributed by atoms with Crippen molar-refractivity contribution in [1.29, 1.82) is 0 Å². The van der Waals surface area contributed by atoms with Crippen molar-refractivity contribution in [3.63, 3.8) is 0 Å². The van der Waals surface area contributed by atoms with Crippen LogP contribution in [0.15, 0.2) is 46.6 Å². The van der Waals surface area contributed by atoms with Gasteiger partial charge in [0.15, 0.2) is 0 Å². The number of amides is 1. The number of carbonyl (C=O) groups is 1. The summed E-state index contributed by atoms with van der Waals surface area (Å²) in [6.45, 7) is 0.891. The highest BCUT2D eigenvalue weighted by Crippen LogP contribution is 2.08. The van der Waals surface area contributed by atoms with Crippen molar-refractivity contribution in [2.24, 2.45) is 4.99 Å². The van der Waals surface area contributed by atoms with Crippen molar-refractivity contribution >= 4 is 23.7 Å². The summed E-state index contributed by atoms with van der Waals surface area (Å²) in [7, 11) is 1.62. The summed E-state index contributed by atoms with van der Waals surface area (Å²) in [6.07, 6.45) is 6.50. The first-order valence-electron chi connectivity index (χ1n) is 6.91. The quantitative estimate of drug-likeness (QED) is 0.434. The fraction of sp³-hybridized carbons (Fsp3) is 0.250. The smallest absolute Gasteiger partial charge is 0.224 e. The Morgan fingerprint density at radius 1 is 1.26 bits per heavy atom. The van der Waals surface area contributed by atoms with Crippen LogP contribution in [0.2, 0.25) is 0 Å². The molecular weight excluding hydrogens is 324 g/mol. The number of nitrogens with zero attached hydrogens (tertiary/aromatic N) is 1. The molecule has 0 aromatic heterocycles. The van der Waals surface area contributed by atoms with Gasteiger partial charge in [0.25, 0.3) is 0 Å². The summed E-state index contributed by atoms with van der Waals surface area (Å²) < 4.78 is 26.0. The van der Waals surface area contributed by atoms with Crippen LogP contribution in [0.5, 0.6) is 0 Å². The molecule has 0 bridgehead atoms. The molecule has 2 N–H and O–H groups in total. The van der Waals surface area contributed by atoms with Crippen molar-refractivity contribution in [1.82, 2.24) is 10.6 Å². The van der Waals surface area contributed by atoms with E-state index in [1.807, 2.05) is 0 Å². The molecule has 1 aromatic rings. The molecule has 7 heteroatoms. The zero-order valence-corrected chi connectivity index (χ0v) is 13.4. The van der Waals surface area contributed by atoms with Crippen LogP contribution < -0.4 is 10.6 Å². The normalized spacial score (nSPS) is 12.1. The van der Waals surface area contributed by atoms with Gasteiger partial charge in [0.05, 0.1) is 11.5 Å². The van der Waals surface area contributed by atoms with Gasteiger partial charge in [-0.05, 0) is 36.0 Å². The van der Waals surface area contributed by atoms with Crippen LogP contribution in [-0.4, -0.2) is 32.3 Å². The van der Waals surface area contributed by atoms with E-state index in [2.05, 4.69) is 15.6 Å². The molecule has 0 unspecified atom stereocenters. The van der Waals surface area contributed by atoms with Gasteiger partial charge in [0, 0.05) is 32.4 Å². The molecule has 23 heavy (non-hydrogen) atoms. The third kappa shape index (κ3) is 8.73. The Hall–Kier alpha value is -2.21. The van der Waals surface area contributed by atoms with Gasteiger partial charge in [0.2, 0.25) is 5.91 Å². The number of aliphatic imine (C=N–C) groups is 1. The molecule has 0 heterocycles. The molecule has 0 fully saturated rings. The maximum absolute atomic E-state index is 13.0. The standard InChI is InChI=1S/C16H18ClF2N3O/c1-20-11-13(17)3-2-4-21-5-6-22-16(23)9-12-7-14(18)10-15(19)8-12/h2-4,7-8,10-11,21H,5-6,9H2,1H3,(H,22,23)/b4-2+,13-3+,20-11?. The van der Waals surface area contributed by atoms with E-state index in [0.29, 0.717) is 23.7 Å². The summed E-state index contributed by atoms with van der Waals surface area (Å²) in [5.74, 6) is -1.69. The van der Waals surface area contributed by atoms with Crippen molar-refractivity contribution in [2.45, 2.75) is 6.42 Å². The predicted octanol–water partition coefficient (Wildman–Crippen LogP) is 2.55. The molecule has 1 aromatic carbocycles. The third-order valence-electron chi connectivity index (χ3n) is 2.60. The lowest BCUT2D eigenvalue weighted by atomic mass is 10.1. The van der Waals surface area contributed by atoms with Crippen LogP contribution in [0.25, 0.3) is 0 Å². The van der Waals surface area contributed by atoms with Gasteiger partial charge in [-0.2, -0.15) is 0 Å². The highest BCUT2D eigenvalue weighted by molar-refractivity contribution is 6.39. The van der Waals surface area contributed by atoms with Gasteiger partial charge in [-0.1, -0.05) is 11.6 Å². The van der Waals surface area contributed by atoms with Crippen molar-refractivity contribution in [3.05, 3.63) is 58.8 Å². The number of halogens is 3. The maximum Gasteiger partial charge on any atom is 0.224 e. The molecule has 0 radical (unpaired) electrons. The van der Waals surface area contributed by atoms with Gasteiger partial charge in [-0.3, -0.25) is 9.79 Å². The Morgan fingerprint density at radius 2 is 1.96 bits per heavy atom. The molecule has 0 aliphatic carbocycles. The van der Waals surface area contributed by atoms with Crippen LogP contribution in [0.1, 0.15) is 5.56 Å². The maximum atomic E-state index is 13.0. The summed E-state index contributed by atoms with van der Waals surface area (Å²) >= 11 is 5.78. The van der Waals surface area contributed by atoms with Crippen LogP contribution in [-0.2, 0) is 11.2 Å². The number of hydrogen-bond acceptors (Lipinski definition) is 3. The van der Waals surface area contributed by atoms with E-state index in [4.69, 9.17) is 11.6 Å². The molecule has 0 spiro atoms. The van der Waals surface area contributed by atoms with Gasteiger partial charge < -0.3 is 10.6 Å². The molecule has 0 atom stereocenters. The van der Waals surface area contributed by atoms with Crippen molar-refractivity contribution < 1.29 is 13.6 Å². The third-order valence-corrected chi connectivity index (χ3v) is 2.82. The minimum absolute atomic E-state index is 0.0702. The molecule has 1 amide bonds. The van der Waals surface area contributed by atoms with E-state index in [-0.39, 0.29) is 12.3 Å². The molecule has 4 nitrogen and oxygen atoms in total. The number of rotatable bonds is 8. The fourth-order valence-corrected chi connectivity index (χ4v) is 1.86. The first-order chi connectivity index (χ1) is 11.0. The Kier molecular flexibility index (Phi) is 8.60. The number of hydrogen-bond donors (Lipinski definition) is 2. The van der Waals surface area contributed by atoms with Crippen LogP contribution in [0.3, 0.4) is 0 Å². The van der Waals surface area contributed by atoms with E-state index in [1.165, 1.54) is 6.21 Å². The number of benzene rings is 1. The molecule has 0 saturated carbocycles. The Morgan fingerprint density at radius 3 is 2.61 bits per heavy atom. The second-order valence-corrected chi connectivity index (χ2v) is 4.99. The lowest BCUT2D eigenvalue weighted by molar-refractivity contribution is -0.120. The fourth-order valence-electron chi connectivity index (χ4n) is 1.69. The average Bonchev–Trinajstić information content (AvgIpc) is 2.45. The summed E-state index contributed by atoms with van der Waals surface area (Å²) in [6, 6.07) is 3.05. The highest BCUT2D eigenvalue weighted by atomic mass is 35.5. The lowest BCUT2D eigenvalue weighted by Crippen LogP contribution is -2.31. The average molecular weight is 342 g/mol. The number of nitrogens with one attached hydrogen (secondary N) is 2. The van der Waals surface area contributed by atoms with Crippen LogP contribution in [0, 0.1) is 11.6 Å². The second kappa shape index (κ2) is 10.5. The lowest BCUT2D eigenvalue weighted by Gasteiger charge is -2.05. The molecule has 124 valence electrons. The summed E-state index contributed by atoms with van der Waals surface area (Å²) in [5.41, 5.74) is 0.297. The van der Waals surface area contributed by atoms with E-state index in [1.54, 1.807) is 25.4 Å². The monoisotopic (exact) mass is 341 g/mol. The van der Waals surface area contributed by atoms with Crippen LogP contribution in [0.4, 0.5) is 8.78 Å². The zero-order chi connectivity index (χ0) is 17.1. The number of allylic oxidation sites excluding steroid dienone is 3.